The summed E-state index contributed by atoms with van der Waals surface area (Å²) >= 11 is 0. The van der Waals surface area contributed by atoms with Gasteiger partial charge in [-0.1, -0.05) is 12.2 Å². The first-order chi connectivity index (χ1) is 7.66. The molecule has 16 heavy (non-hydrogen) atoms. The molecule has 1 amide bonds. The number of hydrogen-bond acceptors (Lipinski definition) is 4. The normalized spacial score (nSPS) is 23.2. The van der Waals surface area contributed by atoms with Crippen LogP contribution < -0.4 is 5.32 Å². The molecule has 1 aromatic heterocycles. The van der Waals surface area contributed by atoms with E-state index in [2.05, 4.69) is 20.7 Å². The molecule has 0 saturated carbocycles. The fourth-order valence-electron chi connectivity index (χ4n) is 1.54. The zero-order chi connectivity index (χ0) is 11.5. The van der Waals surface area contributed by atoms with E-state index in [-0.39, 0.29) is 17.6 Å². The highest BCUT2D eigenvalue weighted by atomic mass is 16.4. The Morgan fingerprint density at radius 2 is 2.31 bits per heavy atom. The van der Waals surface area contributed by atoms with Crippen molar-refractivity contribution in [3.63, 3.8) is 0 Å². The molecular weight excluding hydrogens is 212 g/mol. The maximum Gasteiger partial charge on any atom is 0.310 e. The Kier molecular flexibility index (Phi) is 2.67. The van der Waals surface area contributed by atoms with Crippen LogP contribution in [0.2, 0.25) is 0 Å². The van der Waals surface area contributed by atoms with Crippen LogP contribution in [0, 0.1) is 5.92 Å². The third kappa shape index (κ3) is 2.08. The lowest BCUT2D eigenvalue weighted by atomic mass is 10.1. The lowest BCUT2D eigenvalue weighted by molar-refractivity contribution is -0.140. The van der Waals surface area contributed by atoms with Gasteiger partial charge in [0.1, 0.15) is 0 Å². The van der Waals surface area contributed by atoms with Crippen LogP contribution in [0.4, 0.5) is 0 Å². The Morgan fingerprint density at radius 1 is 1.50 bits per heavy atom. The van der Waals surface area contributed by atoms with Crippen LogP contribution >= 0.6 is 0 Å². The van der Waals surface area contributed by atoms with E-state index in [4.69, 9.17) is 5.11 Å². The van der Waals surface area contributed by atoms with E-state index >= 15 is 0 Å². The summed E-state index contributed by atoms with van der Waals surface area (Å²) in [5, 5.41) is 20.9. The molecule has 1 aromatic rings. The highest BCUT2D eigenvalue weighted by molar-refractivity contribution is 5.92. The first-order valence-electron chi connectivity index (χ1n) is 4.74. The van der Waals surface area contributed by atoms with Crippen LogP contribution in [0.15, 0.2) is 18.3 Å². The molecule has 2 atom stereocenters. The van der Waals surface area contributed by atoms with Gasteiger partial charge in [-0.15, -0.1) is 0 Å². The molecule has 0 aliphatic heterocycles. The Morgan fingerprint density at radius 3 is 2.88 bits per heavy atom. The van der Waals surface area contributed by atoms with E-state index in [1.165, 1.54) is 6.20 Å². The summed E-state index contributed by atoms with van der Waals surface area (Å²) in [6, 6.07) is -0.259. The van der Waals surface area contributed by atoms with E-state index in [0.717, 1.165) is 0 Å². The Bertz CT molecular complexity index is 426. The van der Waals surface area contributed by atoms with Gasteiger partial charge in [0.05, 0.1) is 12.1 Å². The minimum absolute atomic E-state index is 0.187. The quantitative estimate of drug-likeness (QED) is 0.601. The minimum Gasteiger partial charge on any atom is -0.481 e. The zero-order valence-corrected chi connectivity index (χ0v) is 8.25. The number of nitrogens with zero attached hydrogens (tertiary/aromatic N) is 2. The summed E-state index contributed by atoms with van der Waals surface area (Å²) in [4.78, 5) is 22.2. The lowest BCUT2D eigenvalue weighted by Crippen LogP contribution is -2.33. The van der Waals surface area contributed by atoms with Crippen molar-refractivity contribution in [1.29, 1.82) is 0 Å². The van der Waals surface area contributed by atoms with Gasteiger partial charge in [0.15, 0.2) is 5.69 Å². The van der Waals surface area contributed by atoms with Gasteiger partial charge >= 0.3 is 5.97 Å². The number of aromatic amines is 1. The van der Waals surface area contributed by atoms with E-state index < -0.39 is 11.9 Å². The number of nitrogens with one attached hydrogen (secondary N) is 2. The number of carboxylic acid groups (broad SMARTS) is 1. The highest BCUT2D eigenvalue weighted by Crippen LogP contribution is 2.18. The number of carboxylic acids is 1. The number of H-pyrrole nitrogens is 1. The standard InChI is InChI=1S/C9H10N4O3/c14-8(7-4-10-13-12-7)11-6-2-1-5(3-6)9(15)16/h1-2,4-6H,3H2,(H,11,14)(H,15,16)(H,10,12,13). The van der Waals surface area contributed by atoms with Crippen LogP contribution in [-0.4, -0.2) is 38.4 Å². The first-order valence-corrected chi connectivity index (χ1v) is 4.74. The van der Waals surface area contributed by atoms with Crippen molar-refractivity contribution in [2.45, 2.75) is 12.5 Å². The van der Waals surface area contributed by atoms with Gasteiger partial charge in [0.25, 0.3) is 5.91 Å². The second kappa shape index (κ2) is 4.13. The SMILES string of the molecule is O=C(NC1C=CC(C(=O)O)C1)c1cn[nH]n1. The molecule has 2 unspecified atom stereocenters. The van der Waals surface area contributed by atoms with Crippen LogP contribution in [-0.2, 0) is 4.79 Å². The highest BCUT2D eigenvalue weighted by Gasteiger charge is 2.25. The third-order valence-corrected chi connectivity index (χ3v) is 2.36. The molecule has 0 fully saturated rings. The largest absolute Gasteiger partial charge is 0.481 e. The fraction of sp³-hybridized carbons (Fsp3) is 0.333. The van der Waals surface area contributed by atoms with Gasteiger partial charge in [-0.3, -0.25) is 9.59 Å². The molecule has 1 heterocycles. The molecule has 3 N–H and O–H groups in total. The van der Waals surface area contributed by atoms with Crippen molar-refractivity contribution in [2.75, 3.05) is 0 Å². The predicted molar refractivity (Wildman–Crippen MR) is 52.5 cm³/mol. The van der Waals surface area contributed by atoms with Gasteiger partial charge in [-0.05, 0) is 6.42 Å². The van der Waals surface area contributed by atoms with E-state index in [0.29, 0.717) is 6.42 Å². The van der Waals surface area contributed by atoms with E-state index in [9.17, 15) is 9.59 Å². The van der Waals surface area contributed by atoms with Crippen LogP contribution in [0.3, 0.4) is 0 Å². The molecule has 0 spiro atoms. The van der Waals surface area contributed by atoms with Crippen LogP contribution in [0.1, 0.15) is 16.9 Å². The molecular formula is C9H10N4O3. The Balaban J connectivity index is 1.91. The Labute approximate surface area is 90.5 Å². The molecule has 2 rings (SSSR count). The summed E-state index contributed by atoms with van der Waals surface area (Å²) in [7, 11) is 0. The number of carbonyl (C=O) groups is 2. The van der Waals surface area contributed by atoms with Crippen molar-refractivity contribution < 1.29 is 14.7 Å². The third-order valence-electron chi connectivity index (χ3n) is 2.36. The number of aliphatic carboxylic acids is 1. The van der Waals surface area contributed by atoms with Crippen molar-refractivity contribution in [2.24, 2.45) is 5.92 Å². The Hall–Kier alpha value is -2.18. The molecule has 0 radical (unpaired) electrons. The summed E-state index contributed by atoms with van der Waals surface area (Å²) in [6.07, 6.45) is 4.94. The summed E-state index contributed by atoms with van der Waals surface area (Å²) < 4.78 is 0. The van der Waals surface area contributed by atoms with Crippen molar-refractivity contribution in [1.82, 2.24) is 20.7 Å². The van der Waals surface area contributed by atoms with E-state index in [1.807, 2.05) is 0 Å². The maximum absolute atomic E-state index is 11.5. The molecule has 0 saturated heterocycles. The topological polar surface area (TPSA) is 108 Å². The van der Waals surface area contributed by atoms with Gasteiger partial charge in [0, 0.05) is 6.04 Å². The van der Waals surface area contributed by atoms with Crippen molar-refractivity contribution in [3.8, 4) is 0 Å². The molecule has 7 heteroatoms. The summed E-state index contributed by atoms with van der Waals surface area (Å²) in [5.74, 6) is -1.77. The molecule has 84 valence electrons. The van der Waals surface area contributed by atoms with Crippen LogP contribution in [0.25, 0.3) is 0 Å². The van der Waals surface area contributed by atoms with E-state index in [1.54, 1.807) is 12.2 Å². The average molecular weight is 222 g/mol. The second-order valence-electron chi connectivity index (χ2n) is 3.50. The molecule has 0 bridgehead atoms. The second-order valence-corrected chi connectivity index (χ2v) is 3.50. The molecule has 1 aliphatic carbocycles. The summed E-state index contributed by atoms with van der Waals surface area (Å²) in [6.45, 7) is 0. The number of hydrogen-bond donors (Lipinski definition) is 3. The molecule has 1 aliphatic rings. The maximum atomic E-state index is 11.5. The van der Waals surface area contributed by atoms with Crippen molar-refractivity contribution >= 4 is 11.9 Å². The number of carbonyl (C=O) groups excluding carboxylic acids is 1. The number of amides is 1. The smallest absolute Gasteiger partial charge is 0.310 e. The van der Waals surface area contributed by atoms with Gasteiger partial charge < -0.3 is 10.4 Å². The lowest BCUT2D eigenvalue weighted by Gasteiger charge is -2.10. The number of rotatable bonds is 3. The number of aromatic nitrogens is 3. The minimum atomic E-state index is -0.880. The first kappa shape index (κ1) is 10.3. The molecule has 0 aromatic carbocycles. The fourth-order valence-corrected chi connectivity index (χ4v) is 1.54. The van der Waals surface area contributed by atoms with Gasteiger partial charge in [0.2, 0.25) is 0 Å². The van der Waals surface area contributed by atoms with Crippen molar-refractivity contribution in [3.05, 3.63) is 24.0 Å². The monoisotopic (exact) mass is 222 g/mol. The van der Waals surface area contributed by atoms with Crippen LogP contribution in [0.5, 0.6) is 0 Å². The zero-order valence-electron chi connectivity index (χ0n) is 8.25. The summed E-state index contributed by atoms with van der Waals surface area (Å²) in [5.41, 5.74) is 0.187. The average Bonchev–Trinajstić information content (AvgIpc) is 2.87. The predicted octanol–water partition coefficient (Wildman–Crippen LogP) is -0.436. The van der Waals surface area contributed by atoms with Gasteiger partial charge in [-0.25, -0.2) is 0 Å². The van der Waals surface area contributed by atoms with Gasteiger partial charge in [-0.2, -0.15) is 15.4 Å². The molecule has 7 nitrogen and oxygen atoms in total.